The summed E-state index contributed by atoms with van der Waals surface area (Å²) in [6.07, 6.45) is 0.698. The largest absolute Gasteiger partial charge is 0.494 e. The molecule has 2 N–H and O–H groups in total. The molecule has 0 amide bonds. The van der Waals surface area contributed by atoms with Gasteiger partial charge in [0.05, 0.1) is 24.4 Å². The zero-order valence-electron chi connectivity index (χ0n) is 19.8. The van der Waals surface area contributed by atoms with E-state index in [1.807, 2.05) is 50.9 Å². The summed E-state index contributed by atoms with van der Waals surface area (Å²) in [6, 6.07) is 5.10. The molecule has 0 fully saturated rings. The van der Waals surface area contributed by atoms with Gasteiger partial charge in [-0.2, -0.15) is 0 Å². The molecule has 0 unspecified atom stereocenters. The number of hydrogen-bond donors (Lipinski definition) is 2. The predicted octanol–water partition coefficient (Wildman–Crippen LogP) is 2.47. The number of ether oxygens (including phenoxy) is 3. The van der Waals surface area contributed by atoms with Crippen molar-refractivity contribution in [1.29, 1.82) is 0 Å². The molecule has 2 aromatic carbocycles. The number of aromatic hydroxyl groups is 1. The van der Waals surface area contributed by atoms with Crippen LogP contribution >= 0.6 is 0 Å². The molecule has 9 nitrogen and oxygen atoms in total. The number of aromatic amines is 1. The number of nitrogens with zero attached hydrogens (tertiary/aromatic N) is 2. The van der Waals surface area contributed by atoms with E-state index < -0.39 is 23.2 Å². The molecular weight excluding hydrogens is 438 g/mol. The van der Waals surface area contributed by atoms with Gasteiger partial charge in [-0.25, -0.2) is 9.36 Å². The lowest BCUT2D eigenvalue weighted by Crippen LogP contribution is -2.40. The second-order valence-corrected chi connectivity index (χ2v) is 8.93. The Morgan fingerprint density at radius 3 is 2.47 bits per heavy atom. The standard InChI is InChI=1S/C25H27N3O6/c1-12-8-13(2)19(14(3)9-12)28-24(30)18(23(29)26-25(28)31)20-17-15(6-7-27(20)4)10-16-21(22(17)32-5)34-11-33-16/h8-10,20,30H,6-7,11H2,1-5H3,(H,26,29,31)/t20-/m0/s1. The number of benzene rings is 2. The summed E-state index contributed by atoms with van der Waals surface area (Å²) in [5.41, 5.74) is 3.58. The topological polar surface area (TPSA) is 106 Å². The maximum atomic E-state index is 13.2. The molecule has 9 heteroatoms. The highest BCUT2D eigenvalue weighted by molar-refractivity contribution is 5.64. The Hall–Kier alpha value is -3.72. The third kappa shape index (κ3) is 3.19. The molecule has 3 aromatic rings. The summed E-state index contributed by atoms with van der Waals surface area (Å²) >= 11 is 0. The molecule has 2 aliphatic rings. The molecule has 178 valence electrons. The molecule has 0 spiro atoms. The van der Waals surface area contributed by atoms with E-state index in [-0.39, 0.29) is 12.4 Å². The number of hydrogen-bond acceptors (Lipinski definition) is 7. The lowest BCUT2D eigenvalue weighted by Gasteiger charge is -2.36. The first-order valence-electron chi connectivity index (χ1n) is 11.1. The van der Waals surface area contributed by atoms with Gasteiger partial charge in [0.1, 0.15) is 0 Å². The van der Waals surface area contributed by atoms with E-state index in [1.165, 1.54) is 11.7 Å². The van der Waals surface area contributed by atoms with Gasteiger partial charge in [-0.1, -0.05) is 17.7 Å². The summed E-state index contributed by atoms with van der Waals surface area (Å²) < 4.78 is 18.1. The molecule has 34 heavy (non-hydrogen) atoms. The Balaban J connectivity index is 1.82. The van der Waals surface area contributed by atoms with Crippen molar-refractivity contribution in [1.82, 2.24) is 14.5 Å². The van der Waals surface area contributed by atoms with Crippen LogP contribution in [-0.4, -0.2) is 47.1 Å². The third-order valence-electron chi connectivity index (χ3n) is 6.65. The van der Waals surface area contributed by atoms with Crippen molar-refractivity contribution >= 4 is 0 Å². The van der Waals surface area contributed by atoms with E-state index in [0.717, 1.165) is 22.3 Å². The Morgan fingerprint density at radius 1 is 1.09 bits per heavy atom. The van der Waals surface area contributed by atoms with Crippen molar-refractivity contribution in [3.8, 4) is 28.8 Å². The van der Waals surface area contributed by atoms with E-state index in [2.05, 4.69) is 4.98 Å². The highest BCUT2D eigenvalue weighted by atomic mass is 16.7. The molecule has 0 saturated heterocycles. The SMILES string of the molecule is COc1c2c(cc3c1[C@@H](c1c(O)n(-c4c(C)cc(C)cc4C)c(=O)[nH]c1=O)N(C)CC3)OCO2. The van der Waals surface area contributed by atoms with Gasteiger partial charge in [0.25, 0.3) is 5.56 Å². The van der Waals surface area contributed by atoms with E-state index >= 15 is 0 Å². The second-order valence-electron chi connectivity index (χ2n) is 8.93. The van der Waals surface area contributed by atoms with Gasteiger partial charge in [0.2, 0.25) is 18.4 Å². The fourth-order valence-corrected chi connectivity index (χ4v) is 5.32. The van der Waals surface area contributed by atoms with Crippen molar-refractivity contribution in [3.63, 3.8) is 0 Å². The van der Waals surface area contributed by atoms with E-state index in [0.29, 0.717) is 41.5 Å². The normalized spacial score (nSPS) is 17.0. The van der Waals surface area contributed by atoms with Crippen LogP contribution < -0.4 is 25.5 Å². The first-order valence-corrected chi connectivity index (χ1v) is 11.1. The molecule has 0 bridgehead atoms. The van der Waals surface area contributed by atoms with Crippen molar-refractivity contribution in [2.45, 2.75) is 33.2 Å². The first kappa shape index (κ1) is 22.1. The molecule has 0 aliphatic carbocycles. The zero-order chi connectivity index (χ0) is 24.3. The summed E-state index contributed by atoms with van der Waals surface area (Å²) in [7, 11) is 3.40. The van der Waals surface area contributed by atoms with Crippen LogP contribution in [0.5, 0.6) is 23.1 Å². The molecule has 5 rings (SSSR count). The second kappa shape index (κ2) is 7.95. The Kier molecular flexibility index (Phi) is 5.16. The summed E-state index contributed by atoms with van der Waals surface area (Å²) in [6.45, 7) is 6.42. The average Bonchev–Trinajstić information content (AvgIpc) is 3.23. The van der Waals surface area contributed by atoms with Gasteiger partial charge in [-0.05, 0) is 57.0 Å². The maximum Gasteiger partial charge on any atom is 0.335 e. The monoisotopic (exact) mass is 465 g/mol. The molecule has 1 atom stereocenters. The lowest BCUT2D eigenvalue weighted by atomic mass is 9.87. The number of methoxy groups -OCH3 is 1. The van der Waals surface area contributed by atoms with Crippen molar-refractivity contribution in [2.24, 2.45) is 0 Å². The zero-order valence-corrected chi connectivity index (χ0v) is 19.8. The van der Waals surface area contributed by atoms with Crippen molar-refractivity contribution in [2.75, 3.05) is 27.5 Å². The molecule has 1 aromatic heterocycles. The number of likely N-dealkylation sites (N-methyl/N-ethyl adjacent to an activating group) is 1. The predicted molar refractivity (Wildman–Crippen MR) is 126 cm³/mol. The van der Waals surface area contributed by atoms with Crippen LogP contribution in [0, 0.1) is 20.8 Å². The van der Waals surface area contributed by atoms with E-state index in [1.54, 1.807) is 0 Å². The minimum Gasteiger partial charge on any atom is -0.494 e. The van der Waals surface area contributed by atoms with Crippen LogP contribution in [0.3, 0.4) is 0 Å². The van der Waals surface area contributed by atoms with Crippen LogP contribution in [-0.2, 0) is 6.42 Å². The number of fused-ring (bicyclic) bond motifs is 2. The fraction of sp³-hybridized carbons (Fsp3) is 0.360. The highest BCUT2D eigenvalue weighted by Crippen LogP contribution is 2.51. The Bertz CT molecular complexity index is 1420. The van der Waals surface area contributed by atoms with Crippen molar-refractivity contribution < 1.29 is 19.3 Å². The van der Waals surface area contributed by atoms with Gasteiger partial charge >= 0.3 is 5.69 Å². The lowest BCUT2D eigenvalue weighted by molar-refractivity contribution is 0.170. The first-order chi connectivity index (χ1) is 16.2. The van der Waals surface area contributed by atoms with E-state index in [4.69, 9.17) is 14.2 Å². The number of nitrogens with one attached hydrogen (secondary N) is 1. The minimum absolute atomic E-state index is 0.0691. The number of aryl methyl sites for hydroxylation is 3. The molecular formula is C25H27N3O6. The number of aromatic nitrogens is 2. The summed E-state index contributed by atoms with van der Waals surface area (Å²) in [5, 5.41) is 11.5. The maximum absolute atomic E-state index is 13.2. The highest BCUT2D eigenvalue weighted by Gasteiger charge is 2.38. The number of rotatable bonds is 3. The Labute approximate surface area is 196 Å². The quantitative estimate of drug-likeness (QED) is 0.612. The van der Waals surface area contributed by atoms with Gasteiger partial charge in [-0.15, -0.1) is 0 Å². The van der Waals surface area contributed by atoms with Crippen LogP contribution in [0.2, 0.25) is 0 Å². The average molecular weight is 466 g/mol. The van der Waals surface area contributed by atoms with E-state index in [9.17, 15) is 14.7 Å². The van der Waals surface area contributed by atoms with Crippen LogP contribution in [0.15, 0.2) is 27.8 Å². The molecule has 0 saturated carbocycles. The molecule has 2 aliphatic heterocycles. The third-order valence-corrected chi connectivity index (χ3v) is 6.65. The Morgan fingerprint density at radius 2 is 1.79 bits per heavy atom. The van der Waals surface area contributed by atoms with Crippen LogP contribution in [0.4, 0.5) is 0 Å². The van der Waals surface area contributed by atoms with Crippen LogP contribution in [0.25, 0.3) is 5.69 Å². The van der Waals surface area contributed by atoms with Crippen LogP contribution in [0.1, 0.15) is 39.4 Å². The summed E-state index contributed by atoms with van der Waals surface area (Å²) in [5.74, 6) is 1.12. The van der Waals surface area contributed by atoms with Gasteiger partial charge in [0.15, 0.2) is 11.5 Å². The van der Waals surface area contributed by atoms with Gasteiger partial charge in [0, 0.05) is 12.1 Å². The molecule has 3 heterocycles. The fourth-order valence-electron chi connectivity index (χ4n) is 5.32. The van der Waals surface area contributed by atoms with Gasteiger partial charge in [-0.3, -0.25) is 14.7 Å². The minimum atomic E-state index is -0.697. The smallest absolute Gasteiger partial charge is 0.335 e. The van der Waals surface area contributed by atoms with Gasteiger partial charge < -0.3 is 19.3 Å². The van der Waals surface area contributed by atoms with Crippen molar-refractivity contribution in [3.05, 3.63) is 72.4 Å². The molecule has 0 radical (unpaired) electrons. The summed E-state index contributed by atoms with van der Waals surface area (Å²) in [4.78, 5) is 30.5. The number of H-pyrrole nitrogens is 1.